The second-order valence-corrected chi connectivity index (χ2v) is 8.33. The number of halogens is 1. The summed E-state index contributed by atoms with van der Waals surface area (Å²) in [6.07, 6.45) is 1.69. The summed E-state index contributed by atoms with van der Waals surface area (Å²) >= 11 is 8.70. The van der Waals surface area contributed by atoms with Crippen LogP contribution in [0, 0.1) is 0 Å². The third kappa shape index (κ3) is 7.35. The molecule has 0 fully saturated rings. The van der Waals surface area contributed by atoms with Crippen molar-refractivity contribution in [2.24, 2.45) is 0 Å². The van der Waals surface area contributed by atoms with Crippen LogP contribution in [0.5, 0.6) is 11.5 Å². The SMILES string of the molecule is CCCOc1ccc(Br)cc1C(=O)NC(=S)Nc1ccc(OCCc2ccccc2)cc1. The van der Waals surface area contributed by atoms with Gasteiger partial charge in [0.1, 0.15) is 11.5 Å². The van der Waals surface area contributed by atoms with E-state index in [4.69, 9.17) is 21.7 Å². The minimum absolute atomic E-state index is 0.203. The lowest BCUT2D eigenvalue weighted by Crippen LogP contribution is -2.34. The molecule has 0 heterocycles. The Morgan fingerprint density at radius 1 is 0.969 bits per heavy atom. The molecule has 3 rings (SSSR count). The summed E-state index contributed by atoms with van der Waals surface area (Å²) in [4.78, 5) is 12.7. The molecule has 0 spiro atoms. The molecule has 0 aromatic heterocycles. The van der Waals surface area contributed by atoms with Crippen LogP contribution in [-0.4, -0.2) is 24.2 Å². The fraction of sp³-hybridized carbons (Fsp3) is 0.200. The minimum atomic E-state index is -0.337. The van der Waals surface area contributed by atoms with E-state index in [9.17, 15) is 4.79 Å². The highest BCUT2D eigenvalue weighted by Gasteiger charge is 2.15. The second-order valence-electron chi connectivity index (χ2n) is 7.01. The third-order valence-electron chi connectivity index (χ3n) is 4.49. The Labute approximate surface area is 202 Å². The Morgan fingerprint density at radius 2 is 1.72 bits per heavy atom. The highest BCUT2D eigenvalue weighted by atomic mass is 79.9. The van der Waals surface area contributed by atoms with Crippen molar-refractivity contribution in [3.8, 4) is 11.5 Å². The first-order valence-electron chi connectivity index (χ1n) is 10.4. The summed E-state index contributed by atoms with van der Waals surface area (Å²) in [7, 11) is 0. The lowest BCUT2D eigenvalue weighted by atomic mass is 10.2. The number of benzene rings is 3. The molecule has 32 heavy (non-hydrogen) atoms. The summed E-state index contributed by atoms with van der Waals surface area (Å²) in [5.74, 6) is 0.955. The van der Waals surface area contributed by atoms with Gasteiger partial charge in [-0.1, -0.05) is 53.2 Å². The van der Waals surface area contributed by atoms with Crippen LogP contribution in [0.4, 0.5) is 5.69 Å². The molecule has 7 heteroatoms. The molecular weight excluding hydrogens is 488 g/mol. The molecule has 0 aliphatic heterocycles. The fourth-order valence-electron chi connectivity index (χ4n) is 2.92. The normalized spacial score (nSPS) is 10.3. The maximum Gasteiger partial charge on any atom is 0.261 e. The van der Waals surface area contributed by atoms with E-state index in [1.807, 2.05) is 55.5 Å². The number of carbonyl (C=O) groups is 1. The summed E-state index contributed by atoms with van der Waals surface area (Å²) in [5, 5.41) is 5.93. The highest BCUT2D eigenvalue weighted by molar-refractivity contribution is 9.10. The number of thiocarbonyl (C=S) groups is 1. The van der Waals surface area contributed by atoms with Gasteiger partial charge in [-0.15, -0.1) is 0 Å². The van der Waals surface area contributed by atoms with Gasteiger partial charge in [-0.3, -0.25) is 10.1 Å². The average Bonchev–Trinajstić information content (AvgIpc) is 2.80. The van der Waals surface area contributed by atoms with E-state index in [2.05, 4.69) is 38.7 Å². The number of rotatable bonds is 9. The Balaban J connectivity index is 1.51. The van der Waals surface area contributed by atoms with E-state index < -0.39 is 0 Å². The van der Waals surface area contributed by atoms with Crippen LogP contribution in [0.25, 0.3) is 0 Å². The first-order valence-corrected chi connectivity index (χ1v) is 11.6. The molecule has 0 saturated carbocycles. The zero-order valence-electron chi connectivity index (χ0n) is 17.8. The van der Waals surface area contributed by atoms with Crippen molar-refractivity contribution in [2.75, 3.05) is 18.5 Å². The van der Waals surface area contributed by atoms with Crippen molar-refractivity contribution in [2.45, 2.75) is 19.8 Å². The van der Waals surface area contributed by atoms with Crippen LogP contribution in [0.3, 0.4) is 0 Å². The van der Waals surface area contributed by atoms with Gasteiger partial charge in [-0.05, 0) is 66.7 Å². The van der Waals surface area contributed by atoms with Gasteiger partial charge in [-0.25, -0.2) is 0 Å². The number of carbonyl (C=O) groups excluding carboxylic acids is 1. The first kappa shape index (κ1) is 23.8. The van der Waals surface area contributed by atoms with Gasteiger partial charge >= 0.3 is 0 Å². The van der Waals surface area contributed by atoms with Crippen molar-refractivity contribution in [3.63, 3.8) is 0 Å². The topological polar surface area (TPSA) is 59.6 Å². The molecule has 0 bridgehead atoms. The van der Waals surface area contributed by atoms with Gasteiger partial charge < -0.3 is 14.8 Å². The van der Waals surface area contributed by atoms with E-state index in [0.717, 1.165) is 28.8 Å². The molecular formula is C25H25BrN2O3S. The van der Waals surface area contributed by atoms with Gasteiger partial charge in [0.15, 0.2) is 5.11 Å². The van der Waals surface area contributed by atoms with E-state index in [1.165, 1.54) is 5.56 Å². The Bertz CT molecular complexity index is 1040. The van der Waals surface area contributed by atoms with Crippen LogP contribution < -0.4 is 20.1 Å². The minimum Gasteiger partial charge on any atom is -0.493 e. The quantitative estimate of drug-likeness (QED) is 0.345. The lowest BCUT2D eigenvalue weighted by Gasteiger charge is -2.13. The lowest BCUT2D eigenvalue weighted by molar-refractivity contribution is 0.0973. The van der Waals surface area contributed by atoms with Gasteiger partial charge in [0.05, 0.1) is 18.8 Å². The van der Waals surface area contributed by atoms with Crippen molar-refractivity contribution in [1.82, 2.24) is 5.32 Å². The molecule has 0 unspecified atom stereocenters. The summed E-state index contributed by atoms with van der Waals surface area (Å²) < 4.78 is 12.3. The van der Waals surface area contributed by atoms with Crippen molar-refractivity contribution in [3.05, 3.63) is 88.4 Å². The molecule has 1 amide bonds. The predicted molar refractivity (Wildman–Crippen MR) is 136 cm³/mol. The Hall–Kier alpha value is -2.90. The zero-order chi connectivity index (χ0) is 22.8. The number of ether oxygens (including phenoxy) is 2. The highest BCUT2D eigenvalue weighted by Crippen LogP contribution is 2.23. The van der Waals surface area contributed by atoms with E-state index >= 15 is 0 Å². The number of hydrogen-bond acceptors (Lipinski definition) is 4. The number of hydrogen-bond donors (Lipinski definition) is 2. The van der Waals surface area contributed by atoms with Crippen LogP contribution in [0.1, 0.15) is 29.3 Å². The third-order valence-corrected chi connectivity index (χ3v) is 5.19. The van der Waals surface area contributed by atoms with Crippen LogP contribution in [-0.2, 0) is 6.42 Å². The van der Waals surface area contributed by atoms with Crippen molar-refractivity contribution in [1.29, 1.82) is 0 Å². The fourth-order valence-corrected chi connectivity index (χ4v) is 3.49. The Kier molecular flexibility index (Phi) is 9.07. The molecule has 166 valence electrons. The van der Waals surface area contributed by atoms with E-state index in [-0.39, 0.29) is 11.0 Å². The maximum atomic E-state index is 12.7. The molecule has 0 aliphatic rings. The Morgan fingerprint density at radius 3 is 2.44 bits per heavy atom. The molecule has 3 aromatic carbocycles. The molecule has 0 atom stereocenters. The van der Waals surface area contributed by atoms with Crippen LogP contribution in [0.15, 0.2) is 77.3 Å². The smallest absolute Gasteiger partial charge is 0.261 e. The largest absolute Gasteiger partial charge is 0.493 e. The van der Waals surface area contributed by atoms with Crippen LogP contribution >= 0.6 is 28.1 Å². The van der Waals surface area contributed by atoms with Gasteiger partial charge in [0.2, 0.25) is 0 Å². The zero-order valence-corrected chi connectivity index (χ0v) is 20.2. The maximum absolute atomic E-state index is 12.7. The standard InChI is InChI=1S/C25H25BrN2O3S/c1-2-15-31-23-13-8-19(26)17-22(23)24(29)28-25(32)27-20-9-11-21(12-10-20)30-16-14-18-6-4-3-5-7-18/h3-13,17H,2,14-16H2,1H3,(H2,27,28,29,32). The summed E-state index contributed by atoms with van der Waals surface area (Å²) in [6.45, 7) is 3.14. The van der Waals surface area contributed by atoms with Gasteiger partial charge in [0.25, 0.3) is 5.91 Å². The monoisotopic (exact) mass is 512 g/mol. The van der Waals surface area contributed by atoms with E-state index in [1.54, 1.807) is 12.1 Å². The molecule has 0 radical (unpaired) electrons. The van der Waals surface area contributed by atoms with Gasteiger partial charge in [0, 0.05) is 16.6 Å². The van der Waals surface area contributed by atoms with Gasteiger partial charge in [-0.2, -0.15) is 0 Å². The predicted octanol–water partition coefficient (Wildman–Crippen LogP) is 5.99. The molecule has 3 aromatic rings. The number of nitrogens with one attached hydrogen (secondary N) is 2. The van der Waals surface area contributed by atoms with E-state index in [0.29, 0.717) is 24.5 Å². The molecule has 0 aliphatic carbocycles. The number of anilines is 1. The second kappa shape index (κ2) is 12.2. The molecule has 2 N–H and O–H groups in total. The number of amides is 1. The van der Waals surface area contributed by atoms with Crippen LogP contribution in [0.2, 0.25) is 0 Å². The van der Waals surface area contributed by atoms with Crippen molar-refractivity contribution >= 4 is 44.9 Å². The first-order chi connectivity index (χ1) is 15.5. The molecule has 0 saturated heterocycles. The molecule has 5 nitrogen and oxygen atoms in total. The average molecular weight is 513 g/mol. The van der Waals surface area contributed by atoms with Crippen molar-refractivity contribution < 1.29 is 14.3 Å². The summed E-state index contributed by atoms with van der Waals surface area (Å²) in [5.41, 5.74) is 2.40. The summed E-state index contributed by atoms with van der Waals surface area (Å²) in [6, 6.07) is 23.0.